The molecule has 0 aliphatic heterocycles. The first-order chi connectivity index (χ1) is 8.02. The maximum atomic E-state index is 12.6. The Hall–Kier alpha value is -0.250. The Morgan fingerprint density at radius 3 is 1.82 bits per heavy atom. The van der Waals surface area contributed by atoms with E-state index < -0.39 is 12.1 Å². The smallest absolute Gasteiger partial charge is 0.314 e. The van der Waals surface area contributed by atoms with Gasteiger partial charge in [0.05, 0.1) is 5.92 Å². The van der Waals surface area contributed by atoms with Crippen LogP contribution in [0.3, 0.4) is 0 Å². The van der Waals surface area contributed by atoms with E-state index in [4.69, 9.17) is 0 Å². The highest BCUT2D eigenvalue weighted by Gasteiger charge is 2.44. The zero-order chi connectivity index (χ0) is 12.5. The van der Waals surface area contributed by atoms with Crippen LogP contribution in [0.5, 0.6) is 0 Å². The summed E-state index contributed by atoms with van der Waals surface area (Å²) >= 11 is 0. The molecule has 0 bridgehead atoms. The van der Waals surface area contributed by atoms with Gasteiger partial charge in [-0.2, -0.15) is 13.2 Å². The first-order valence-electron chi connectivity index (χ1n) is 6.82. The molecule has 100 valence electrons. The zero-order valence-corrected chi connectivity index (χ0v) is 10.4. The second-order valence-electron chi connectivity index (χ2n) is 5.57. The number of halogens is 3. The summed E-state index contributed by atoms with van der Waals surface area (Å²) in [5.74, 6) is 0.170. The van der Waals surface area contributed by atoms with E-state index >= 15 is 0 Å². The Morgan fingerprint density at radius 1 is 1.00 bits per heavy atom. The van der Waals surface area contributed by atoms with Crippen molar-refractivity contribution >= 4 is 0 Å². The second-order valence-corrected chi connectivity index (χ2v) is 5.57. The fourth-order valence-corrected chi connectivity index (χ4v) is 3.21. The predicted octanol–water partition coefficient (Wildman–Crippen LogP) is 3.74. The molecule has 2 fully saturated rings. The van der Waals surface area contributed by atoms with Crippen LogP contribution in [0, 0.1) is 17.8 Å². The Kier molecular flexibility index (Phi) is 4.01. The third kappa shape index (κ3) is 3.36. The van der Waals surface area contributed by atoms with Crippen molar-refractivity contribution in [2.24, 2.45) is 17.8 Å². The van der Waals surface area contributed by atoms with Gasteiger partial charge in [0.25, 0.3) is 0 Å². The number of hydrogen-bond donors (Lipinski definition) is 1. The molecule has 0 radical (unpaired) electrons. The largest absolute Gasteiger partial charge is 0.391 e. The Morgan fingerprint density at radius 2 is 1.47 bits per heavy atom. The molecular formula is C13H22F3N. The summed E-state index contributed by atoms with van der Waals surface area (Å²) in [7, 11) is 0. The summed E-state index contributed by atoms with van der Waals surface area (Å²) in [6, 6.07) is 0.481. The summed E-state index contributed by atoms with van der Waals surface area (Å²) < 4.78 is 37.7. The van der Waals surface area contributed by atoms with E-state index in [0.29, 0.717) is 24.8 Å². The van der Waals surface area contributed by atoms with Crippen LogP contribution in [0.15, 0.2) is 0 Å². The lowest BCUT2D eigenvalue weighted by atomic mass is 9.77. The molecule has 0 heterocycles. The van der Waals surface area contributed by atoms with E-state index in [-0.39, 0.29) is 0 Å². The van der Waals surface area contributed by atoms with E-state index in [1.807, 2.05) is 0 Å². The second kappa shape index (κ2) is 5.17. The lowest BCUT2D eigenvalue weighted by Gasteiger charge is -2.35. The molecule has 2 rings (SSSR count). The van der Waals surface area contributed by atoms with Crippen molar-refractivity contribution in [2.45, 2.75) is 57.7 Å². The van der Waals surface area contributed by atoms with Gasteiger partial charge in [0.1, 0.15) is 0 Å². The van der Waals surface area contributed by atoms with Crippen LogP contribution in [-0.2, 0) is 0 Å². The van der Waals surface area contributed by atoms with E-state index in [1.54, 1.807) is 0 Å². The van der Waals surface area contributed by atoms with Crippen molar-refractivity contribution in [3.63, 3.8) is 0 Å². The van der Waals surface area contributed by atoms with Crippen LogP contribution in [0.1, 0.15) is 45.4 Å². The first-order valence-corrected chi connectivity index (χ1v) is 6.82. The van der Waals surface area contributed by atoms with Crippen LogP contribution in [0.4, 0.5) is 13.2 Å². The molecule has 0 amide bonds. The van der Waals surface area contributed by atoms with Crippen molar-refractivity contribution in [1.82, 2.24) is 5.32 Å². The normalized spacial score (nSPS) is 32.5. The fourth-order valence-electron chi connectivity index (χ4n) is 3.21. The molecule has 1 unspecified atom stereocenters. The van der Waals surface area contributed by atoms with Crippen LogP contribution >= 0.6 is 0 Å². The molecular weight excluding hydrogens is 227 g/mol. The lowest BCUT2D eigenvalue weighted by molar-refractivity contribution is -0.184. The molecule has 1 N–H and O–H groups in total. The number of hydrogen-bond acceptors (Lipinski definition) is 1. The molecule has 1 atom stereocenters. The lowest BCUT2D eigenvalue weighted by Crippen LogP contribution is -2.41. The van der Waals surface area contributed by atoms with Gasteiger partial charge in [0.15, 0.2) is 0 Å². The van der Waals surface area contributed by atoms with Crippen LogP contribution in [-0.4, -0.2) is 18.8 Å². The molecule has 0 aromatic carbocycles. The molecule has 2 saturated carbocycles. The van der Waals surface area contributed by atoms with Gasteiger partial charge in [-0.25, -0.2) is 0 Å². The Labute approximate surface area is 101 Å². The third-order valence-corrected chi connectivity index (χ3v) is 4.31. The molecule has 0 aromatic rings. The van der Waals surface area contributed by atoms with Crippen LogP contribution in [0.2, 0.25) is 0 Å². The predicted molar refractivity (Wildman–Crippen MR) is 61.7 cm³/mol. The highest BCUT2D eigenvalue weighted by atomic mass is 19.4. The molecule has 2 aliphatic rings. The van der Waals surface area contributed by atoms with Crippen molar-refractivity contribution in [3.8, 4) is 0 Å². The molecule has 0 saturated heterocycles. The summed E-state index contributed by atoms with van der Waals surface area (Å²) in [5, 5.41) is 3.49. The summed E-state index contributed by atoms with van der Waals surface area (Å²) in [6.07, 6.45) is 0.716. The minimum absolute atomic E-state index is 0.336. The number of alkyl halides is 3. The maximum Gasteiger partial charge on any atom is 0.391 e. The monoisotopic (exact) mass is 249 g/mol. The highest BCUT2D eigenvalue weighted by molar-refractivity contribution is 4.93. The van der Waals surface area contributed by atoms with Crippen LogP contribution in [0.25, 0.3) is 0 Å². The molecule has 0 spiro atoms. The Balaban J connectivity index is 1.84. The first kappa shape index (κ1) is 13.2. The highest BCUT2D eigenvalue weighted by Crippen LogP contribution is 2.44. The van der Waals surface area contributed by atoms with Crippen molar-refractivity contribution in [1.29, 1.82) is 0 Å². The van der Waals surface area contributed by atoms with E-state index in [9.17, 15) is 13.2 Å². The minimum Gasteiger partial charge on any atom is -0.314 e. The van der Waals surface area contributed by atoms with Gasteiger partial charge < -0.3 is 5.32 Å². The zero-order valence-electron chi connectivity index (χ0n) is 10.4. The van der Waals surface area contributed by atoms with Gasteiger partial charge in [-0.1, -0.05) is 6.92 Å². The van der Waals surface area contributed by atoms with Crippen molar-refractivity contribution in [3.05, 3.63) is 0 Å². The van der Waals surface area contributed by atoms with Gasteiger partial charge in [0, 0.05) is 6.04 Å². The average Bonchev–Trinajstić information content (AvgIpc) is 3.09. The third-order valence-electron chi connectivity index (χ3n) is 4.31. The fraction of sp³-hybridized carbons (Fsp3) is 1.00. The van der Waals surface area contributed by atoms with Gasteiger partial charge >= 0.3 is 6.18 Å². The number of nitrogens with one attached hydrogen (secondary N) is 1. The molecule has 1 nitrogen and oxygen atoms in total. The van der Waals surface area contributed by atoms with Gasteiger partial charge in [0.2, 0.25) is 0 Å². The van der Waals surface area contributed by atoms with Gasteiger partial charge in [-0.3, -0.25) is 0 Å². The van der Waals surface area contributed by atoms with Crippen LogP contribution < -0.4 is 5.32 Å². The van der Waals surface area contributed by atoms with Gasteiger partial charge in [-0.15, -0.1) is 0 Å². The maximum absolute atomic E-state index is 12.6. The molecule has 17 heavy (non-hydrogen) atoms. The summed E-state index contributed by atoms with van der Waals surface area (Å²) in [6.45, 7) is 3.01. The summed E-state index contributed by atoms with van der Waals surface area (Å²) in [4.78, 5) is 0. The molecule has 2 aliphatic carbocycles. The average molecular weight is 249 g/mol. The minimum atomic E-state index is -3.97. The number of rotatable bonds is 4. The van der Waals surface area contributed by atoms with Gasteiger partial charge in [-0.05, 0) is 56.9 Å². The molecule has 0 aromatic heterocycles. The summed E-state index contributed by atoms with van der Waals surface area (Å²) in [5.41, 5.74) is 0. The standard InChI is InChI=1S/C13H22F3N/c1-2-17-12(9-3-4-9)10-5-7-11(8-6-10)13(14,15)16/h9-12,17H,2-8H2,1H3. The quantitative estimate of drug-likeness (QED) is 0.800. The topological polar surface area (TPSA) is 12.0 Å². The SMILES string of the molecule is CCNC(C1CC1)C1CCC(C(F)(F)F)CC1. The van der Waals surface area contributed by atoms with Crippen molar-refractivity contribution < 1.29 is 13.2 Å². The Bertz CT molecular complexity index is 240. The van der Waals surface area contributed by atoms with E-state index in [0.717, 1.165) is 25.3 Å². The van der Waals surface area contributed by atoms with Crippen molar-refractivity contribution in [2.75, 3.05) is 6.54 Å². The van der Waals surface area contributed by atoms with E-state index in [1.165, 1.54) is 12.8 Å². The van der Waals surface area contributed by atoms with E-state index in [2.05, 4.69) is 12.2 Å². The molecule has 4 heteroatoms.